The number of hydrazone groups is 1. The Balaban J connectivity index is 1.61. The van der Waals surface area contributed by atoms with Gasteiger partial charge in [0.2, 0.25) is 5.91 Å². The highest BCUT2D eigenvalue weighted by Crippen LogP contribution is 2.24. The molecule has 0 bridgehead atoms. The fourth-order valence-corrected chi connectivity index (χ4v) is 2.90. The van der Waals surface area contributed by atoms with E-state index in [1.807, 2.05) is 16.0 Å². The van der Waals surface area contributed by atoms with Crippen LogP contribution in [0.5, 0.6) is 0 Å². The average Bonchev–Trinajstić information content (AvgIpc) is 3.09. The molecule has 2 heterocycles. The van der Waals surface area contributed by atoms with Crippen LogP contribution in [0.3, 0.4) is 0 Å². The van der Waals surface area contributed by atoms with Gasteiger partial charge in [0.15, 0.2) is 4.96 Å². The molecule has 0 saturated carbocycles. The molecule has 10 heteroatoms. The number of nitro benzene ring substituents is 1. The van der Waals surface area contributed by atoms with E-state index in [0.717, 1.165) is 4.96 Å². The minimum Gasteiger partial charge on any atom is -0.297 e. The van der Waals surface area contributed by atoms with Crippen LogP contribution in [-0.2, 0) is 11.2 Å². The molecular weight excluding hydrogens is 354 g/mol. The third-order valence-corrected chi connectivity index (χ3v) is 4.14. The number of carbonyl (C=O) groups is 1. The van der Waals surface area contributed by atoms with Crippen molar-refractivity contribution in [1.82, 2.24) is 14.8 Å². The van der Waals surface area contributed by atoms with Crippen LogP contribution in [0.15, 0.2) is 41.1 Å². The topological polar surface area (TPSA) is 102 Å². The van der Waals surface area contributed by atoms with Crippen molar-refractivity contribution in [1.29, 1.82) is 0 Å². The maximum absolute atomic E-state index is 11.8. The maximum Gasteiger partial charge on any atom is 0.288 e. The van der Waals surface area contributed by atoms with Gasteiger partial charge in [0.25, 0.3) is 5.69 Å². The largest absolute Gasteiger partial charge is 0.297 e. The average molecular weight is 364 g/mol. The van der Waals surface area contributed by atoms with E-state index in [1.54, 1.807) is 12.3 Å². The Bertz CT molecular complexity index is 920. The van der Waals surface area contributed by atoms with Gasteiger partial charge >= 0.3 is 0 Å². The lowest BCUT2D eigenvalue weighted by molar-refractivity contribution is -0.384. The summed E-state index contributed by atoms with van der Waals surface area (Å²) in [5.41, 5.74) is 3.23. The van der Waals surface area contributed by atoms with Crippen LogP contribution in [0.1, 0.15) is 11.3 Å². The van der Waals surface area contributed by atoms with E-state index in [9.17, 15) is 14.9 Å². The first-order chi connectivity index (χ1) is 11.5. The van der Waals surface area contributed by atoms with Gasteiger partial charge in [-0.1, -0.05) is 17.7 Å². The highest BCUT2D eigenvalue weighted by atomic mass is 35.5. The number of hydrogen-bond acceptors (Lipinski definition) is 6. The summed E-state index contributed by atoms with van der Waals surface area (Å²) in [5.74, 6) is -0.333. The van der Waals surface area contributed by atoms with Crippen molar-refractivity contribution in [3.05, 3.63) is 62.4 Å². The molecule has 0 spiro atoms. The molecule has 1 N–H and O–H groups in total. The Kier molecular flexibility index (Phi) is 4.54. The second-order valence-electron chi connectivity index (χ2n) is 4.76. The van der Waals surface area contributed by atoms with E-state index < -0.39 is 4.92 Å². The van der Waals surface area contributed by atoms with Crippen LogP contribution in [-0.4, -0.2) is 26.4 Å². The Hall–Kier alpha value is -2.78. The molecule has 0 unspecified atom stereocenters. The number of amides is 1. The zero-order chi connectivity index (χ0) is 17.1. The summed E-state index contributed by atoms with van der Waals surface area (Å²) in [6, 6.07) is 4.25. The zero-order valence-electron chi connectivity index (χ0n) is 12.0. The number of rotatable bonds is 5. The third kappa shape index (κ3) is 3.58. The summed E-state index contributed by atoms with van der Waals surface area (Å²) in [5, 5.41) is 16.5. The maximum atomic E-state index is 11.8. The third-order valence-electron chi connectivity index (χ3n) is 3.05. The molecule has 24 heavy (non-hydrogen) atoms. The lowest BCUT2D eigenvalue weighted by atomic mass is 10.2. The number of nitro groups is 1. The van der Waals surface area contributed by atoms with Gasteiger partial charge in [-0.15, -0.1) is 11.3 Å². The number of fused-ring (bicyclic) bond motifs is 1. The van der Waals surface area contributed by atoms with Gasteiger partial charge in [-0.05, 0) is 6.07 Å². The van der Waals surface area contributed by atoms with Crippen LogP contribution >= 0.6 is 22.9 Å². The minimum absolute atomic E-state index is 0.0425. The van der Waals surface area contributed by atoms with E-state index in [4.69, 9.17) is 11.6 Å². The number of hydrogen-bond donors (Lipinski definition) is 1. The Morgan fingerprint density at radius 3 is 3.12 bits per heavy atom. The van der Waals surface area contributed by atoms with Crippen LogP contribution in [0.25, 0.3) is 4.96 Å². The minimum atomic E-state index is -0.581. The Morgan fingerprint density at radius 2 is 2.38 bits per heavy atom. The van der Waals surface area contributed by atoms with E-state index in [1.165, 1.54) is 29.7 Å². The molecule has 3 aromatic rings. The molecule has 0 radical (unpaired) electrons. The fraction of sp³-hybridized carbons (Fsp3) is 0.0714. The number of carbonyl (C=O) groups excluding carboxylic acids is 1. The summed E-state index contributed by atoms with van der Waals surface area (Å²) < 4.78 is 1.84. The molecule has 0 aliphatic rings. The smallest absolute Gasteiger partial charge is 0.288 e. The number of nitrogens with one attached hydrogen (secondary N) is 1. The standard InChI is InChI=1S/C14H10ClN5O3S/c15-11-2-1-9(5-12(11)20(22)23)7-16-18-13(21)6-10-8-19-3-4-24-14(19)17-10/h1-5,7-8H,6H2,(H,18,21)/b16-7-. The lowest BCUT2D eigenvalue weighted by Crippen LogP contribution is -2.19. The summed E-state index contributed by atoms with van der Waals surface area (Å²) in [6.07, 6.45) is 5.04. The molecule has 0 aliphatic heterocycles. The van der Waals surface area contributed by atoms with Gasteiger partial charge in [-0.3, -0.25) is 19.3 Å². The normalized spacial score (nSPS) is 11.2. The van der Waals surface area contributed by atoms with Gasteiger partial charge < -0.3 is 0 Å². The molecular formula is C14H10ClN5O3S. The molecule has 3 rings (SSSR count). The molecule has 122 valence electrons. The predicted octanol–water partition coefficient (Wildman–Crippen LogP) is 2.65. The first-order valence-electron chi connectivity index (χ1n) is 6.70. The van der Waals surface area contributed by atoms with Gasteiger partial charge in [-0.25, -0.2) is 10.4 Å². The van der Waals surface area contributed by atoms with E-state index in [2.05, 4.69) is 15.5 Å². The quantitative estimate of drug-likeness (QED) is 0.427. The van der Waals surface area contributed by atoms with Crippen LogP contribution in [0.4, 0.5) is 5.69 Å². The van der Waals surface area contributed by atoms with Gasteiger partial charge in [0.05, 0.1) is 23.3 Å². The Labute approximate surface area is 144 Å². The SMILES string of the molecule is O=C(Cc1cn2ccsc2n1)N/N=C\c1ccc(Cl)c([N+](=O)[O-])c1. The highest BCUT2D eigenvalue weighted by Gasteiger charge is 2.12. The van der Waals surface area contributed by atoms with Crippen molar-refractivity contribution in [2.75, 3.05) is 0 Å². The van der Waals surface area contributed by atoms with Crippen LogP contribution < -0.4 is 5.43 Å². The molecule has 1 aromatic carbocycles. The van der Waals surface area contributed by atoms with E-state index in [-0.39, 0.29) is 23.0 Å². The van der Waals surface area contributed by atoms with Gasteiger partial charge in [0.1, 0.15) is 5.02 Å². The van der Waals surface area contributed by atoms with Crippen molar-refractivity contribution in [3.8, 4) is 0 Å². The van der Waals surface area contributed by atoms with Crippen molar-refractivity contribution >= 4 is 45.7 Å². The number of benzene rings is 1. The second-order valence-corrected chi connectivity index (χ2v) is 6.04. The summed E-state index contributed by atoms with van der Waals surface area (Å²) >= 11 is 7.21. The summed E-state index contributed by atoms with van der Waals surface area (Å²) in [7, 11) is 0. The predicted molar refractivity (Wildman–Crippen MR) is 90.6 cm³/mol. The highest BCUT2D eigenvalue weighted by molar-refractivity contribution is 7.15. The van der Waals surface area contributed by atoms with Crippen molar-refractivity contribution in [2.24, 2.45) is 5.10 Å². The zero-order valence-corrected chi connectivity index (χ0v) is 13.6. The van der Waals surface area contributed by atoms with Crippen molar-refractivity contribution in [2.45, 2.75) is 6.42 Å². The number of nitrogens with zero attached hydrogens (tertiary/aromatic N) is 4. The Morgan fingerprint density at radius 1 is 1.54 bits per heavy atom. The molecule has 0 fully saturated rings. The molecule has 0 aliphatic carbocycles. The summed E-state index contributed by atoms with van der Waals surface area (Å²) in [6.45, 7) is 0. The molecule has 8 nitrogen and oxygen atoms in total. The first-order valence-corrected chi connectivity index (χ1v) is 7.95. The molecule has 0 atom stereocenters. The number of thiazole rings is 1. The fourth-order valence-electron chi connectivity index (χ4n) is 1.99. The molecule has 1 amide bonds. The van der Waals surface area contributed by atoms with Crippen LogP contribution in [0, 0.1) is 10.1 Å². The van der Waals surface area contributed by atoms with Crippen molar-refractivity contribution < 1.29 is 9.72 Å². The van der Waals surface area contributed by atoms with E-state index in [0.29, 0.717) is 11.3 Å². The van der Waals surface area contributed by atoms with Crippen LogP contribution in [0.2, 0.25) is 5.02 Å². The van der Waals surface area contributed by atoms with Gasteiger partial charge in [-0.2, -0.15) is 5.10 Å². The monoisotopic (exact) mass is 363 g/mol. The summed E-state index contributed by atoms with van der Waals surface area (Å²) in [4.78, 5) is 27.2. The molecule has 0 saturated heterocycles. The lowest BCUT2D eigenvalue weighted by Gasteiger charge is -1.98. The number of imidazole rings is 1. The van der Waals surface area contributed by atoms with E-state index >= 15 is 0 Å². The molecule has 2 aromatic heterocycles. The first kappa shape index (κ1) is 16.1. The van der Waals surface area contributed by atoms with Gasteiger partial charge in [0, 0.05) is 29.4 Å². The number of aromatic nitrogens is 2. The second kappa shape index (κ2) is 6.77. The number of halogens is 1. The van der Waals surface area contributed by atoms with Crippen molar-refractivity contribution in [3.63, 3.8) is 0 Å².